The lowest BCUT2D eigenvalue weighted by molar-refractivity contribution is -0.149. The molecule has 0 bridgehead atoms. The fourth-order valence-electron chi connectivity index (χ4n) is 1.15. The topological polar surface area (TPSA) is 46.2 Å². The SMILES string of the molecule is Cc1ccc(Br)c([C@H](N)C(F)(F)F)c1O.Cl. The van der Waals surface area contributed by atoms with Gasteiger partial charge in [0.2, 0.25) is 0 Å². The first kappa shape index (κ1) is 15.5. The van der Waals surface area contributed by atoms with Crippen LogP contribution in [0.5, 0.6) is 5.75 Å². The van der Waals surface area contributed by atoms with E-state index in [1.807, 2.05) is 0 Å². The number of nitrogens with two attached hydrogens (primary N) is 1. The minimum Gasteiger partial charge on any atom is -0.507 e. The van der Waals surface area contributed by atoms with Crippen molar-refractivity contribution in [2.24, 2.45) is 5.73 Å². The standard InChI is InChI=1S/C9H9BrF3NO.ClH/c1-4-2-3-5(10)6(7(4)15)8(14)9(11,12)13;/h2-3,8,15H,14H2,1H3;1H/t8-;/m0./s1. The number of phenolic OH excluding ortho intramolecular Hbond substituents is 1. The quantitative estimate of drug-likeness (QED) is 0.832. The third kappa shape index (κ3) is 3.02. The van der Waals surface area contributed by atoms with Gasteiger partial charge in [-0.1, -0.05) is 22.0 Å². The Hall–Kier alpha value is -0.460. The summed E-state index contributed by atoms with van der Waals surface area (Å²) in [5.41, 5.74) is 5.05. The van der Waals surface area contributed by atoms with E-state index in [4.69, 9.17) is 5.73 Å². The van der Waals surface area contributed by atoms with Gasteiger partial charge in [0.15, 0.2) is 0 Å². The normalized spacial score (nSPS) is 13.1. The van der Waals surface area contributed by atoms with Crippen molar-refractivity contribution in [3.8, 4) is 5.75 Å². The average Bonchev–Trinajstić information content (AvgIpc) is 2.10. The van der Waals surface area contributed by atoms with Crippen molar-refractivity contribution in [1.82, 2.24) is 0 Å². The molecule has 16 heavy (non-hydrogen) atoms. The molecule has 1 rings (SSSR count). The van der Waals surface area contributed by atoms with Crippen LogP contribution in [0.15, 0.2) is 16.6 Å². The molecule has 1 aromatic carbocycles. The predicted molar refractivity (Wildman–Crippen MR) is 60.8 cm³/mol. The Labute approximate surface area is 105 Å². The second-order valence-corrected chi connectivity index (χ2v) is 4.00. The van der Waals surface area contributed by atoms with Crippen LogP contribution in [0.25, 0.3) is 0 Å². The van der Waals surface area contributed by atoms with Crippen LogP contribution in [0.4, 0.5) is 13.2 Å². The number of benzene rings is 1. The smallest absolute Gasteiger partial charge is 0.407 e. The van der Waals surface area contributed by atoms with Crippen LogP contribution in [0.1, 0.15) is 17.2 Å². The lowest BCUT2D eigenvalue weighted by Gasteiger charge is -2.19. The molecule has 0 amide bonds. The van der Waals surface area contributed by atoms with Crippen LogP contribution >= 0.6 is 28.3 Å². The van der Waals surface area contributed by atoms with Crippen LogP contribution in [0.2, 0.25) is 0 Å². The zero-order chi connectivity index (χ0) is 11.8. The minimum atomic E-state index is -4.58. The van der Waals surface area contributed by atoms with Crippen LogP contribution in [-0.2, 0) is 0 Å². The minimum absolute atomic E-state index is 0. The highest BCUT2D eigenvalue weighted by atomic mass is 79.9. The van der Waals surface area contributed by atoms with Crippen molar-refractivity contribution in [2.75, 3.05) is 0 Å². The zero-order valence-electron chi connectivity index (χ0n) is 8.18. The molecule has 0 aliphatic rings. The van der Waals surface area contributed by atoms with Crippen LogP contribution < -0.4 is 5.73 Å². The molecule has 0 unspecified atom stereocenters. The van der Waals surface area contributed by atoms with Gasteiger partial charge in [0, 0.05) is 10.0 Å². The molecule has 0 saturated carbocycles. The van der Waals surface area contributed by atoms with E-state index in [1.54, 1.807) is 0 Å². The van der Waals surface area contributed by atoms with Gasteiger partial charge in [-0.3, -0.25) is 0 Å². The molecule has 0 heterocycles. The van der Waals surface area contributed by atoms with E-state index >= 15 is 0 Å². The monoisotopic (exact) mass is 319 g/mol. The van der Waals surface area contributed by atoms with Crippen molar-refractivity contribution < 1.29 is 18.3 Å². The average molecular weight is 321 g/mol. The highest BCUT2D eigenvalue weighted by Gasteiger charge is 2.40. The molecule has 0 spiro atoms. The molecule has 1 aromatic rings. The Kier molecular flexibility index (Phi) is 5.10. The lowest BCUT2D eigenvalue weighted by atomic mass is 10.0. The first-order chi connectivity index (χ1) is 6.75. The fraction of sp³-hybridized carbons (Fsp3) is 0.333. The Morgan fingerprint density at radius 1 is 1.38 bits per heavy atom. The van der Waals surface area contributed by atoms with E-state index < -0.39 is 18.0 Å². The highest BCUT2D eigenvalue weighted by Crippen LogP contribution is 2.40. The van der Waals surface area contributed by atoms with E-state index in [-0.39, 0.29) is 22.4 Å². The van der Waals surface area contributed by atoms with Crippen LogP contribution in [0.3, 0.4) is 0 Å². The van der Waals surface area contributed by atoms with Gasteiger partial charge in [-0.15, -0.1) is 12.4 Å². The molecule has 3 N–H and O–H groups in total. The number of alkyl halides is 3. The lowest BCUT2D eigenvalue weighted by Crippen LogP contribution is -2.29. The first-order valence-corrected chi connectivity index (χ1v) is 4.84. The summed E-state index contributed by atoms with van der Waals surface area (Å²) in [4.78, 5) is 0. The number of hydrogen-bond acceptors (Lipinski definition) is 2. The van der Waals surface area contributed by atoms with Gasteiger partial charge < -0.3 is 10.8 Å². The second-order valence-electron chi connectivity index (χ2n) is 3.15. The summed E-state index contributed by atoms with van der Waals surface area (Å²) in [7, 11) is 0. The van der Waals surface area contributed by atoms with Gasteiger partial charge >= 0.3 is 6.18 Å². The van der Waals surface area contributed by atoms with Gasteiger partial charge in [-0.2, -0.15) is 13.2 Å². The van der Waals surface area contributed by atoms with E-state index in [2.05, 4.69) is 15.9 Å². The first-order valence-electron chi connectivity index (χ1n) is 4.05. The Bertz CT molecular complexity index is 384. The zero-order valence-corrected chi connectivity index (χ0v) is 10.6. The molecular weight excluding hydrogens is 310 g/mol. The summed E-state index contributed by atoms with van der Waals surface area (Å²) in [6, 6.07) is 0.744. The predicted octanol–water partition coefficient (Wildman–Crippen LogP) is 3.45. The van der Waals surface area contributed by atoms with Gasteiger partial charge in [-0.25, -0.2) is 0 Å². The molecule has 0 aromatic heterocycles. The Morgan fingerprint density at radius 3 is 2.31 bits per heavy atom. The van der Waals surface area contributed by atoms with E-state index in [9.17, 15) is 18.3 Å². The van der Waals surface area contributed by atoms with Crippen molar-refractivity contribution in [3.63, 3.8) is 0 Å². The third-order valence-electron chi connectivity index (χ3n) is 2.03. The van der Waals surface area contributed by atoms with E-state index in [1.165, 1.54) is 19.1 Å². The molecule has 0 aliphatic carbocycles. The maximum atomic E-state index is 12.4. The summed E-state index contributed by atoms with van der Waals surface area (Å²) < 4.78 is 37.3. The molecule has 2 nitrogen and oxygen atoms in total. The molecule has 0 fully saturated rings. The summed E-state index contributed by atoms with van der Waals surface area (Å²) in [5.74, 6) is -0.422. The maximum Gasteiger partial charge on any atom is 0.407 e. The maximum absolute atomic E-state index is 12.4. The number of phenols is 1. The molecular formula is C9H10BrClF3NO. The van der Waals surface area contributed by atoms with Gasteiger partial charge in [0.1, 0.15) is 11.8 Å². The van der Waals surface area contributed by atoms with Crippen molar-refractivity contribution >= 4 is 28.3 Å². The van der Waals surface area contributed by atoms with Crippen LogP contribution in [0, 0.1) is 6.92 Å². The Balaban J connectivity index is 0.00000225. The van der Waals surface area contributed by atoms with Crippen molar-refractivity contribution in [1.29, 1.82) is 0 Å². The molecule has 0 aliphatic heterocycles. The largest absolute Gasteiger partial charge is 0.507 e. The number of rotatable bonds is 1. The summed E-state index contributed by atoms with van der Waals surface area (Å²) in [6.07, 6.45) is -4.58. The number of halogens is 5. The molecule has 7 heteroatoms. The molecule has 0 saturated heterocycles. The van der Waals surface area contributed by atoms with Gasteiger partial charge in [-0.05, 0) is 18.6 Å². The summed E-state index contributed by atoms with van der Waals surface area (Å²) in [5, 5.41) is 9.50. The number of hydrogen-bond donors (Lipinski definition) is 2. The highest BCUT2D eigenvalue weighted by molar-refractivity contribution is 9.10. The van der Waals surface area contributed by atoms with Gasteiger partial charge in [0.05, 0.1) is 0 Å². The number of aromatic hydroxyl groups is 1. The summed E-state index contributed by atoms with van der Waals surface area (Å²) in [6.45, 7) is 1.51. The Morgan fingerprint density at radius 2 is 1.88 bits per heavy atom. The van der Waals surface area contributed by atoms with Crippen LogP contribution in [-0.4, -0.2) is 11.3 Å². The molecule has 92 valence electrons. The van der Waals surface area contributed by atoms with Crippen molar-refractivity contribution in [2.45, 2.75) is 19.1 Å². The van der Waals surface area contributed by atoms with E-state index in [0.717, 1.165) is 0 Å². The van der Waals surface area contributed by atoms with E-state index in [0.29, 0.717) is 5.56 Å². The molecule has 1 atom stereocenters. The third-order valence-corrected chi connectivity index (χ3v) is 2.72. The van der Waals surface area contributed by atoms with Crippen molar-refractivity contribution in [3.05, 3.63) is 27.7 Å². The number of aryl methyl sites for hydroxylation is 1. The van der Waals surface area contributed by atoms with Gasteiger partial charge in [0.25, 0.3) is 0 Å². The second kappa shape index (κ2) is 5.25. The summed E-state index contributed by atoms with van der Waals surface area (Å²) >= 11 is 2.93. The fourth-order valence-corrected chi connectivity index (χ4v) is 1.72. The molecule has 0 radical (unpaired) electrons.